The van der Waals surface area contributed by atoms with Crippen LogP contribution in [-0.2, 0) is 32.7 Å². The van der Waals surface area contributed by atoms with Gasteiger partial charge in [0.05, 0.1) is 27.7 Å². The van der Waals surface area contributed by atoms with E-state index >= 15 is 0 Å². The van der Waals surface area contributed by atoms with Gasteiger partial charge in [0.25, 0.3) is 0 Å². The molecular weight excluding hydrogens is 750 g/mol. The third kappa shape index (κ3) is 42.0. The van der Waals surface area contributed by atoms with Crippen LogP contribution in [0, 0.1) is 0 Å². The zero-order valence-electron chi connectivity index (χ0n) is 36.5. The van der Waals surface area contributed by atoms with E-state index in [0.29, 0.717) is 23.9 Å². The predicted molar refractivity (Wildman–Crippen MR) is 242 cm³/mol. The average molecular weight is 827 g/mol. The first-order valence-corrected chi connectivity index (χ1v) is 22.8. The second-order valence-corrected chi connectivity index (χ2v) is 16.2. The van der Waals surface area contributed by atoms with Crippen molar-refractivity contribution in [3.63, 3.8) is 0 Å². The van der Waals surface area contributed by atoms with E-state index in [9.17, 15) is 19.0 Å². The van der Waals surface area contributed by atoms with E-state index in [0.717, 1.165) is 77.0 Å². The molecule has 0 saturated heterocycles. The van der Waals surface area contributed by atoms with Crippen LogP contribution in [0.25, 0.3) is 0 Å². The maximum absolute atomic E-state index is 12.7. The van der Waals surface area contributed by atoms with Crippen LogP contribution in [0.3, 0.4) is 0 Å². The Bertz CT molecular complexity index is 1390. The van der Waals surface area contributed by atoms with Crippen LogP contribution < -0.4 is 0 Å². The lowest BCUT2D eigenvalue weighted by atomic mass is 10.1. The second-order valence-electron chi connectivity index (χ2n) is 14.7. The van der Waals surface area contributed by atoms with Crippen molar-refractivity contribution in [3.8, 4) is 0 Å². The van der Waals surface area contributed by atoms with E-state index in [1.165, 1.54) is 0 Å². The van der Waals surface area contributed by atoms with Crippen LogP contribution in [-0.4, -0.2) is 74.9 Å². The standard InChI is InChI=1S/C48H76NO8P/c1-6-8-10-12-14-16-18-20-22-23-24-25-27-28-30-32-34-36-38-40-47(50)54-44-46(45-56-58(52,53)55-43-42-49(3,4)5)57-48(51)41-39-37-35-33-31-29-26-21-19-17-15-13-11-9-7-2/h8-11,13-17,19-22,24-26,28,30,34,36,46H,6-7,12,18,23,27,29,31-33,35,37-45H2,1-5H3/p+1/b10-8+,11-9+,15-13+,16-14+,19-17+,22-20+,25-24+,26-21+,30-28+,36-34+/t46-/m1/s1. The first-order valence-electron chi connectivity index (χ1n) is 21.3. The molecule has 10 heteroatoms. The fraction of sp³-hybridized carbons (Fsp3) is 0.542. The number of phosphoric acid groups is 1. The van der Waals surface area contributed by atoms with Gasteiger partial charge in [-0.3, -0.25) is 18.6 Å². The Morgan fingerprint density at radius 2 is 1.05 bits per heavy atom. The zero-order valence-corrected chi connectivity index (χ0v) is 37.4. The first-order chi connectivity index (χ1) is 28.0. The number of allylic oxidation sites excluding steroid dienone is 20. The molecule has 9 nitrogen and oxygen atoms in total. The summed E-state index contributed by atoms with van der Waals surface area (Å²) in [5, 5.41) is 0. The highest BCUT2D eigenvalue weighted by molar-refractivity contribution is 7.47. The highest BCUT2D eigenvalue weighted by Gasteiger charge is 2.27. The molecule has 2 atom stereocenters. The highest BCUT2D eigenvalue weighted by atomic mass is 31.2. The van der Waals surface area contributed by atoms with Crippen LogP contribution in [0.4, 0.5) is 0 Å². The van der Waals surface area contributed by atoms with Crippen molar-refractivity contribution in [2.45, 2.75) is 123 Å². The van der Waals surface area contributed by atoms with Gasteiger partial charge < -0.3 is 18.9 Å². The van der Waals surface area contributed by atoms with Crippen molar-refractivity contribution in [3.05, 3.63) is 122 Å². The number of phosphoric ester groups is 1. The molecule has 0 aliphatic carbocycles. The maximum atomic E-state index is 12.7. The molecule has 58 heavy (non-hydrogen) atoms. The molecule has 0 heterocycles. The summed E-state index contributed by atoms with van der Waals surface area (Å²) in [7, 11) is 1.39. The van der Waals surface area contributed by atoms with Crippen LogP contribution in [0.5, 0.6) is 0 Å². The minimum Gasteiger partial charge on any atom is -0.462 e. The van der Waals surface area contributed by atoms with Gasteiger partial charge in [-0.25, -0.2) is 4.57 Å². The SMILES string of the molecule is CC/C=C/C=C/C=C/C=C/CCCCCCCC(=O)O[C@H](COC(=O)CC/C=C/C/C=C/C/C=C/C/C=C/C/C=C/C/C=C/CC)COP(=O)(O)OCC[N+](C)(C)C. The fourth-order valence-corrected chi connectivity index (χ4v) is 5.55. The van der Waals surface area contributed by atoms with Crippen LogP contribution >= 0.6 is 7.82 Å². The summed E-state index contributed by atoms with van der Waals surface area (Å²) < 4.78 is 34.1. The summed E-state index contributed by atoms with van der Waals surface area (Å²) in [6.07, 6.45) is 54.1. The number of unbranched alkanes of at least 4 members (excludes halogenated alkanes) is 5. The molecule has 0 spiro atoms. The van der Waals surface area contributed by atoms with Gasteiger partial charge in [-0.05, 0) is 70.6 Å². The highest BCUT2D eigenvalue weighted by Crippen LogP contribution is 2.43. The summed E-state index contributed by atoms with van der Waals surface area (Å²) in [6.45, 7) is 4.01. The Balaban J connectivity index is 4.57. The zero-order chi connectivity index (χ0) is 42.8. The summed E-state index contributed by atoms with van der Waals surface area (Å²) in [5.41, 5.74) is 0. The maximum Gasteiger partial charge on any atom is 0.472 e. The van der Waals surface area contributed by atoms with Crippen LogP contribution in [0.1, 0.15) is 117 Å². The Kier molecular flexibility index (Phi) is 36.5. The largest absolute Gasteiger partial charge is 0.472 e. The number of nitrogens with zero attached hydrogens (tertiary/aromatic N) is 1. The summed E-state index contributed by atoms with van der Waals surface area (Å²) >= 11 is 0. The number of esters is 2. The molecule has 0 bridgehead atoms. The molecule has 0 aliphatic rings. The van der Waals surface area contributed by atoms with Crippen LogP contribution in [0.15, 0.2) is 122 Å². The van der Waals surface area contributed by atoms with Gasteiger partial charge in [-0.2, -0.15) is 0 Å². The number of carbonyl (C=O) groups is 2. The number of likely N-dealkylation sites (N-methyl/N-ethyl adjacent to an activating group) is 1. The molecule has 1 unspecified atom stereocenters. The van der Waals surface area contributed by atoms with E-state index in [4.69, 9.17) is 18.5 Å². The average Bonchev–Trinajstić information content (AvgIpc) is 3.17. The molecule has 0 aromatic heterocycles. The molecule has 0 saturated carbocycles. The van der Waals surface area contributed by atoms with Gasteiger partial charge in [0.15, 0.2) is 6.10 Å². The third-order valence-corrected chi connectivity index (χ3v) is 9.08. The molecule has 1 N–H and O–H groups in total. The minimum atomic E-state index is -4.41. The van der Waals surface area contributed by atoms with E-state index in [-0.39, 0.29) is 26.1 Å². The van der Waals surface area contributed by atoms with E-state index in [1.54, 1.807) is 0 Å². The molecule has 0 aliphatic heterocycles. The van der Waals surface area contributed by atoms with Gasteiger partial charge in [-0.1, -0.05) is 155 Å². The third-order valence-electron chi connectivity index (χ3n) is 8.10. The van der Waals surface area contributed by atoms with Crippen molar-refractivity contribution in [2.24, 2.45) is 0 Å². The fourth-order valence-electron chi connectivity index (χ4n) is 4.81. The van der Waals surface area contributed by atoms with Crippen molar-refractivity contribution in [1.82, 2.24) is 0 Å². The monoisotopic (exact) mass is 827 g/mol. The lowest BCUT2D eigenvalue weighted by Gasteiger charge is -2.24. The van der Waals surface area contributed by atoms with Gasteiger partial charge in [0.1, 0.15) is 19.8 Å². The second kappa shape index (κ2) is 38.9. The summed E-state index contributed by atoms with van der Waals surface area (Å²) in [4.78, 5) is 35.3. The smallest absolute Gasteiger partial charge is 0.462 e. The molecule has 0 aromatic rings. The Labute approximate surface area is 352 Å². The molecule has 0 aromatic carbocycles. The van der Waals surface area contributed by atoms with Crippen molar-refractivity contribution < 1.29 is 42.1 Å². The molecule has 0 amide bonds. The van der Waals surface area contributed by atoms with Crippen molar-refractivity contribution in [1.29, 1.82) is 0 Å². The molecule has 0 fully saturated rings. The molecule has 0 radical (unpaired) electrons. The normalized spacial score (nSPS) is 14.8. The van der Waals surface area contributed by atoms with Gasteiger partial charge in [0, 0.05) is 12.8 Å². The molecule has 326 valence electrons. The number of quaternary nitrogens is 1. The number of carbonyl (C=O) groups excluding carboxylic acids is 2. The van der Waals surface area contributed by atoms with Gasteiger partial charge >= 0.3 is 19.8 Å². The summed E-state index contributed by atoms with van der Waals surface area (Å²) in [6, 6.07) is 0. The Morgan fingerprint density at radius 3 is 1.62 bits per heavy atom. The van der Waals surface area contributed by atoms with E-state index < -0.39 is 32.5 Å². The number of rotatable bonds is 36. The quantitative estimate of drug-likeness (QED) is 0.0166. The van der Waals surface area contributed by atoms with E-state index in [2.05, 4.69) is 92.8 Å². The molecular formula is C48H77NO8P+. The molecule has 0 rings (SSSR count). The predicted octanol–water partition coefficient (Wildman–Crippen LogP) is 12.1. The topological polar surface area (TPSA) is 108 Å². The lowest BCUT2D eigenvalue weighted by Crippen LogP contribution is -2.37. The number of hydrogen-bond acceptors (Lipinski definition) is 7. The Morgan fingerprint density at radius 1 is 0.552 bits per heavy atom. The van der Waals surface area contributed by atoms with E-state index in [1.807, 2.05) is 63.7 Å². The van der Waals surface area contributed by atoms with Crippen LogP contribution in [0.2, 0.25) is 0 Å². The van der Waals surface area contributed by atoms with Crippen molar-refractivity contribution >= 4 is 19.8 Å². The Hall–Kier alpha value is -3.59. The lowest BCUT2D eigenvalue weighted by molar-refractivity contribution is -0.870. The first kappa shape index (κ1) is 54.4. The number of hydrogen-bond donors (Lipinski definition) is 1. The summed E-state index contributed by atoms with van der Waals surface area (Å²) in [5.74, 6) is -0.940. The van der Waals surface area contributed by atoms with Crippen molar-refractivity contribution in [2.75, 3.05) is 47.5 Å². The van der Waals surface area contributed by atoms with Gasteiger partial charge in [0.2, 0.25) is 0 Å². The van der Waals surface area contributed by atoms with Gasteiger partial charge in [-0.15, -0.1) is 0 Å². The minimum absolute atomic E-state index is 0.00739. The number of ether oxygens (including phenoxy) is 2.